The van der Waals surface area contributed by atoms with Gasteiger partial charge >= 0.3 is 0 Å². The standard InChI is InChI=1S/C12H16ClNO3/c1-8-6-10(16-2)11(17-3)7-9(8)14-12(15)4-5-13/h6-7H,4-5H2,1-3H3,(H,14,15). The van der Waals surface area contributed by atoms with E-state index in [1.807, 2.05) is 13.0 Å². The molecule has 0 heterocycles. The summed E-state index contributed by atoms with van der Waals surface area (Å²) < 4.78 is 10.3. The van der Waals surface area contributed by atoms with Crippen LogP contribution in [-0.4, -0.2) is 26.0 Å². The van der Waals surface area contributed by atoms with Crippen molar-refractivity contribution in [3.05, 3.63) is 17.7 Å². The average Bonchev–Trinajstić information content (AvgIpc) is 2.31. The van der Waals surface area contributed by atoms with Crippen molar-refractivity contribution in [2.45, 2.75) is 13.3 Å². The number of aryl methyl sites for hydroxylation is 1. The maximum absolute atomic E-state index is 11.5. The van der Waals surface area contributed by atoms with Gasteiger partial charge in [0.1, 0.15) is 0 Å². The first-order chi connectivity index (χ1) is 8.12. The lowest BCUT2D eigenvalue weighted by Crippen LogP contribution is -2.12. The second kappa shape index (κ2) is 6.35. The van der Waals surface area contributed by atoms with Gasteiger partial charge in [-0.3, -0.25) is 4.79 Å². The lowest BCUT2D eigenvalue weighted by Gasteiger charge is -2.13. The Morgan fingerprint density at radius 3 is 2.41 bits per heavy atom. The predicted molar refractivity (Wildman–Crippen MR) is 68.2 cm³/mol. The van der Waals surface area contributed by atoms with E-state index < -0.39 is 0 Å². The minimum atomic E-state index is -0.115. The van der Waals surface area contributed by atoms with E-state index in [0.29, 0.717) is 23.1 Å². The molecule has 0 radical (unpaired) electrons. The third-order valence-corrected chi connectivity index (χ3v) is 2.52. The van der Waals surface area contributed by atoms with Crippen molar-refractivity contribution in [3.63, 3.8) is 0 Å². The van der Waals surface area contributed by atoms with E-state index in [1.165, 1.54) is 0 Å². The van der Waals surface area contributed by atoms with Gasteiger partial charge in [0.25, 0.3) is 0 Å². The van der Waals surface area contributed by atoms with Gasteiger partial charge in [0.2, 0.25) is 5.91 Å². The third-order valence-electron chi connectivity index (χ3n) is 2.33. The van der Waals surface area contributed by atoms with E-state index in [1.54, 1.807) is 20.3 Å². The summed E-state index contributed by atoms with van der Waals surface area (Å²) in [5.74, 6) is 1.41. The maximum atomic E-state index is 11.5. The smallest absolute Gasteiger partial charge is 0.225 e. The SMILES string of the molecule is COc1cc(C)c(NC(=O)CCCl)cc1OC. The van der Waals surface area contributed by atoms with Gasteiger partial charge in [-0.2, -0.15) is 0 Å². The van der Waals surface area contributed by atoms with Gasteiger partial charge < -0.3 is 14.8 Å². The molecule has 0 aliphatic rings. The zero-order valence-electron chi connectivity index (χ0n) is 10.2. The average molecular weight is 258 g/mol. The minimum Gasteiger partial charge on any atom is -0.493 e. The van der Waals surface area contributed by atoms with Gasteiger partial charge in [-0.05, 0) is 18.6 Å². The van der Waals surface area contributed by atoms with Crippen LogP contribution in [0.25, 0.3) is 0 Å². The Morgan fingerprint density at radius 1 is 1.29 bits per heavy atom. The van der Waals surface area contributed by atoms with Crippen molar-refractivity contribution in [1.82, 2.24) is 0 Å². The molecule has 1 aromatic carbocycles. The Kier molecular flexibility index (Phi) is 5.10. The Bertz CT molecular complexity index is 407. The molecule has 0 saturated heterocycles. The molecule has 0 unspecified atom stereocenters. The molecular formula is C12H16ClNO3. The second-order valence-corrected chi connectivity index (χ2v) is 3.89. The van der Waals surface area contributed by atoms with E-state index in [4.69, 9.17) is 21.1 Å². The number of rotatable bonds is 5. The van der Waals surface area contributed by atoms with Gasteiger partial charge in [0, 0.05) is 24.1 Å². The molecule has 0 saturated carbocycles. The van der Waals surface area contributed by atoms with E-state index >= 15 is 0 Å². The van der Waals surface area contributed by atoms with Crippen molar-refractivity contribution in [2.75, 3.05) is 25.4 Å². The Hall–Kier alpha value is -1.42. The topological polar surface area (TPSA) is 47.6 Å². The van der Waals surface area contributed by atoms with Crippen LogP contribution in [0.15, 0.2) is 12.1 Å². The first-order valence-corrected chi connectivity index (χ1v) is 5.74. The highest BCUT2D eigenvalue weighted by Gasteiger charge is 2.10. The number of hydrogen-bond acceptors (Lipinski definition) is 3. The number of anilines is 1. The van der Waals surface area contributed by atoms with Crippen LogP contribution in [0.5, 0.6) is 11.5 Å². The number of carbonyl (C=O) groups is 1. The number of halogens is 1. The largest absolute Gasteiger partial charge is 0.493 e. The molecule has 0 atom stereocenters. The molecule has 1 rings (SSSR count). The minimum absolute atomic E-state index is 0.115. The van der Waals surface area contributed by atoms with Crippen LogP contribution in [0.4, 0.5) is 5.69 Å². The van der Waals surface area contributed by atoms with Gasteiger partial charge in [0.05, 0.1) is 14.2 Å². The molecular weight excluding hydrogens is 242 g/mol. The maximum Gasteiger partial charge on any atom is 0.225 e. The fraction of sp³-hybridized carbons (Fsp3) is 0.417. The van der Waals surface area contributed by atoms with Crippen LogP contribution in [0.1, 0.15) is 12.0 Å². The highest BCUT2D eigenvalue weighted by atomic mass is 35.5. The highest BCUT2D eigenvalue weighted by Crippen LogP contribution is 2.32. The Labute approximate surface area is 106 Å². The molecule has 94 valence electrons. The van der Waals surface area contributed by atoms with Crippen molar-refractivity contribution in [2.24, 2.45) is 0 Å². The number of benzene rings is 1. The molecule has 1 N–H and O–H groups in total. The van der Waals surface area contributed by atoms with Gasteiger partial charge in [-0.25, -0.2) is 0 Å². The summed E-state index contributed by atoms with van der Waals surface area (Å²) in [6.07, 6.45) is 0.287. The summed E-state index contributed by atoms with van der Waals surface area (Å²) in [6.45, 7) is 1.89. The van der Waals surface area contributed by atoms with Crippen molar-refractivity contribution in [1.29, 1.82) is 0 Å². The predicted octanol–water partition coefficient (Wildman–Crippen LogP) is 2.58. The van der Waals surface area contributed by atoms with Crippen LogP contribution in [0.3, 0.4) is 0 Å². The lowest BCUT2D eigenvalue weighted by molar-refractivity contribution is -0.115. The second-order valence-electron chi connectivity index (χ2n) is 3.51. The summed E-state index contributed by atoms with van der Waals surface area (Å²) in [4.78, 5) is 11.5. The molecule has 1 amide bonds. The number of amides is 1. The molecule has 1 aromatic rings. The van der Waals surface area contributed by atoms with Crippen LogP contribution < -0.4 is 14.8 Å². The summed E-state index contributed by atoms with van der Waals surface area (Å²) in [5, 5.41) is 2.78. The number of alkyl halides is 1. The van der Waals surface area contributed by atoms with Crippen LogP contribution in [-0.2, 0) is 4.79 Å². The van der Waals surface area contributed by atoms with E-state index in [2.05, 4.69) is 5.32 Å². The van der Waals surface area contributed by atoms with Crippen molar-refractivity contribution < 1.29 is 14.3 Å². The zero-order valence-corrected chi connectivity index (χ0v) is 10.9. The fourth-order valence-electron chi connectivity index (χ4n) is 1.41. The van der Waals surface area contributed by atoms with Gasteiger partial charge in [0.15, 0.2) is 11.5 Å². The Balaban J connectivity index is 2.96. The number of nitrogens with one attached hydrogen (secondary N) is 1. The normalized spacial score (nSPS) is 9.88. The van der Waals surface area contributed by atoms with Crippen LogP contribution in [0, 0.1) is 6.92 Å². The first kappa shape index (κ1) is 13.6. The molecule has 0 bridgehead atoms. The summed E-state index contributed by atoms with van der Waals surface area (Å²) in [7, 11) is 3.13. The summed E-state index contributed by atoms with van der Waals surface area (Å²) >= 11 is 5.50. The highest BCUT2D eigenvalue weighted by molar-refractivity contribution is 6.19. The third kappa shape index (κ3) is 3.53. The van der Waals surface area contributed by atoms with Crippen molar-refractivity contribution in [3.8, 4) is 11.5 Å². The van der Waals surface area contributed by atoms with E-state index in [-0.39, 0.29) is 12.3 Å². The number of hydrogen-bond donors (Lipinski definition) is 1. The molecule has 0 fully saturated rings. The molecule has 0 aliphatic carbocycles. The summed E-state index contributed by atoms with van der Waals surface area (Å²) in [5.41, 5.74) is 1.61. The van der Waals surface area contributed by atoms with Crippen LogP contribution >= 0.6 is 11.6 Å². The molecule has 0 aliphatic heterocycles. The monoisotopic (exact) mass is 257 g/mol. The van der Waals surface area contributed by atoms with Gasteiger partial charge in [-0.1, -0.05) is 0 Å². The number of methoxy groups -OCH3 is 2. The first-order valence-electron chi connectivity index (χ1n) is 5.20. The Morgan fingerprint density at radius 2 is 1.88 bits per heavy atom. The lowest BCUT2D eigenvalue weighted by atomic mass is 10.1. The molecule has 5 heteroatoms. The van der Waals surface area contributed by atoms with E-state index in [0.717, 1.165) is 5.56 Å². The number of carbonyl (C=O) groups excluding carboxylic acids is 1. The fourth-order valence-corrected chi connectivity index (χ4v) is 1.59. The quantitative estimate of drug-likeness (QED) is 0.825. The molecule has 0 spiro atoms. The van der Waals surface area contributed by atoms with Crippen LogP contribution in [0.2, 0.25) is 0 Å². The van der Waals surface area contributed by atoms with Crippen molar-refractivity contribution >= 4 is 23.2 Å². The molecule has 4 nitrogen and oxygen atoms in total. The zero-order chi connectivity index (χ0) is 12.8. The summed E-state index contributed by atoms with van der Waals surface area (Å²) in [6, 6.07) is 3.55. The molecule has 0 aromatic heterocycles. The van der Waals surface area contributed by atoms with E-state index in [9.17, 15) is 4.79 Å². The van der Waals surface area contributed by atoms with Gasteiger partial charge in [-0.15, -0.1) is 11.6 Å². The molecule has 17 heavy (non-hydrogen) atoms. The number of ether oxygens (including phenoxy) is 2.